The van der Waals surface area contributed by atoms with Crippen LogP contribution in [0.25, 0.3) is 0 Å². The maximum Gasteiger partial charge on any atom is 0.315 e. The van der Waals surface area contributed by atoms with Crippen molar-refractivity contribution < 1.29 is 14.3 Å². The monoisotopic (exact) mass is 306 g/mol. The zero-order valence-electron chi connectivity index (χ0n) is 12.7. The van der Waals surface area contributed by atoms with Gasteiger partial charge in [-0.1, -0.05) is 18.9 Å². The second-order valence-corrected chi connectivity index (χ2v) is 6.53. The summed E-state index contributed by atoms with van der Waals surface area (Å²) in [5, 5.41) is 15.5. The summed E-state index contributed by atoms with van der Waals surface area (Å²) in [6, 6.07) is 4.38. The van der Waals surface area contributed by atoms with Crippen LogP contribution < -0.4 is 10.6 Å². The number of nitrogens with one attached hydrogen (secondary N) is 2. The predicted octanol–water partition coefficient (Wildman–Crippen LogP) is 2.81. The van der Waals surface area contributed by atoms with Gasteiger partial charge in [-0.05, 0) is 55.4 Å². The lowest BCUT2D eigenvalue weighted by Gasteiger charge is -2.31. The highest BCUT2D eigenvalue weighted by molar-refractivity contribution is 5.75. The standard InChI is InChI=1S/C17H23FN2O2/c18-13-7-6-12-4-3-5-15(14(12)10-13)19-16(22)20-17(11-21)8-1-2-9-17/h6-7,10,15,21H,1-5,8-9,11H2,(H2,19,20,22). The van der Waals surface area contributed by atoms with E-state index in [9.17, 15) is 14.3 Å². The Hall–Kier alpha value is -1.62. The lowest BCUT2D eigenvalue weighted by Crippen LogP contribution is -2.53. The first-order valence-electron chi connectivity index (χ1n) is 8.10. The number of aliphatic hydroxyl groups is 1. The van der Waals surface area contributed by atoms with Crippen molar-refractivity contribution in [3.8, 4) is 0 Å². The van der Waals surface area contributed by atoms with E-state index in [0.29, 0.717) is 0 Å². The molecule has 120 valence electrons. The average molecular weight is 306 g/mol. The minimum Gasteiger partial charge on any atom is -0.394 e. The normalized spacial score (nSPS) is 22.9. The van der Waals surface area contributed by atoms with Crippen LogP contribution in [0.5, 0.6) is 0 Å². The topological polar surface area (TPSA) is 61.4 Å². The Morgan fingerprint density at radius 1 is 1.32 bits per heavy atom. The van der Waals surface area contributed by atoms with Crippen molar-refractivity contribution in [3.63, 3.8) is 0 Å². The van der Waals surface area contributed by atoms with Crippen LogP contribution >= 0.6 is 0 Å². The molecule has 0 heterocycles. The van der Waals surface area contributed by atoms with Gasteiger partial charge in [0.1, 0.15) is 5.82 Å². The molecule has 2 aliphatic carbocycles. The number of urea groups is 1. The third kappa shape index (κ3) is 3.09. The van der Waals surface area contributed by atoms with Gasteiger partial charge < -0.3 is 15.7 Å². The smallest absolute Gasteiger partial charge is 0.315 e. The van der Waals surface area contributed by atoms with Crippen molar-refractivity contribution >= 4 is 6.03 Å². The summed E-state index contributed by atoms with van der Waals surface area (Å²) in [4.78, 5) is 12.3. The minimum atomic E-state index is -0.483. The van der Waals surface area contributed by atoms with Gasteiger partial charge in [0, 0.05) is 0 Å². The molecule has 1 unspecified atom stereocenters. The molecule has 4 nitrogen and oxygen atoms in total. The van der Waals surface area contributed by atoms with Crippen molar-refractivity contribution in [3.05, 3.63) is 35.1 Å². The molecule has 0 bridgehead atoms. The van der Waals surface area contributed by atoms with Gasteiger partial charge in [-0.15, -0.1) is 0 Å². The first kappa shape index (κ1) is 15.3. The number of benzene rings is 1. The number of fused-ring (bicyclic) bond motifs is 1. The molecule has 1 atom stereocenters. The molecule has 0 radical (unpaired) electrons. The fourth-order valence-electron chi connectivity index (χ4n) is 3.73. The van der Waals surface area contributed by atoms with Crippen molar-refractivity contribution in [1.82, 2.24) is 10.6 Å². The molecular formula is C17H23FN2O2. The van der Waals surface area contributed by atoms with E-state index in [-0.39, 0.29) is 24.5 Å². The van der Waals surface area contributed by atoms with Gasteiger partial charge in [0.25, 0.3) is 0 Å². The quantitative estimate of drug-likeness (QED) is 0.804. The van der Waals surface area contributed by atoms with Crippen LogP contribution in [0.15, 0.2) is 18.2 Å². The van der Waals surface area contributed by atoms with Crippen LogP contribution in [0.3, 0.4) is 0 Å². The van der Waals surface area contributed by atoms with E-state index >= 15 is 0 Å². The highest BCUT2D eigenvalue weighted by Crippen LogP contribution is 2.31. The molecule has 2 aliphatic rings. The van der Waals surface area contributed by atoms with Gasteiger partial charge in [0.2, 0.25) is 0 Å². The van der Waals surface area contributed by atoms with E-state index in [1.807, 2.05) is 6.07 Å². The third-order valence-electron chi connectivity index (χ3n) is 4.97. The molecule has 0 aromatic heterocycles. The Balaban J connectivity index is 1.69. The van der Waals surface area contributed by atoms with Crippen LogP contribution in [0.1, 0.15) is 55.7 Å². The number of carbonyl (C=O) groups is 1. The fraction of sp³-hybridized carbons (Fsp3) is 0.588. The highest BCUT2D eigenvalue weighted by atomic mass is 19.1. The SMILES string of the molecule is O=C(NC1CCCc2ccc(F)cc21)NC1(CO)CCCC1. The summed E-state index contributed by atoms with van der Waals surface area (Å²) >= 11 is 0. The summed E-state index contributed by atoms with van der Waals surface area (Å²) in [6.07, 6.45) is 6.40. The number of halogens is 1. The van der Waals surface area contributed by atoms with Gasteiger partial charge in [-0.3, -0.25) is 0 Å². The van der Waals surface area contributed by atoms with Crippen molar-refractivity contribution in [2.75, 3.05) is 6.61 Å². The van der Waals surface area contributed by atoms with E-state index in [1.54, 1.807) is 0 Å². The Morgan fingerprint density at radius 2 is 2.09 bits per heavy atom. The molecule has 0 aliphatic heterocycles. The van der Waals surface area contributed by atoms with Gasteiger partial charge in [0.15, 0.2) is 0 Å². The summed E-state index contributed by atoms with van der Waals surface area (Å²) in [6.45, 7) is -0.0314. The first-order chi connectivity index (χ1) is 10.6. The Bertz CT molecular complexity index is 556. The van der Waals surface area contributed by atoms with E-state index in [2.05, 4.69) is 10.6 Å². The van der Waals surface area contributed by atoms with E-state index < -0.39 is 5.54 Å². The van der Waals surface area contributed by atoms with Crippen LogP contribution in [0.4, 0.5) is 9.18 Å². The van der Waals surface area contributed by atoms with Crippen LogP contribution in [0.2, 0.25) is 0 Å². The highest BCUT2D eigenvalue weighted by Gasteiger charge is 2.35. The zero-order chi connectivity index (χ0) is 15.6. The molecule has 5 heteroatoms. The van der Waals surface area contributed by atoms with Gasteiger partial charge in [-0.2, -0.15) is 0 Å². The molecule has 0 saturated heterocycles. The maximum atomic E-state index is 13.5. The van der Waals surface area contributed by atoms with Crippen molar-refractivity contribution in [1.29, 1.82) is 0 Å². The van der Waals surface area contributed by atoms with Crippen LogP contribution in [-0.2, 0) is 6.42 Å². The molecule has 0 spiro atoms. The van der Waals surface area contributed by atoms with Crippen LogP contribution in [-0.4, -0.2) is 23.3 Å². The molecule has 1 saturated carbocycles. The lowest BCUT2D eigenvalue weighted by atomic mass is 9.87. The third-order valence-corrected chi connectivity index (χ3v) is 4.97. The van der Waals surface area contributed by atoms with Gasteiger partial charge >= 0.3 is 6.03 Å². The number of aliphatic hydroxyl groups excluding tert-OH is 1. The summed E-state index contributed by atoms with van der Waals surface area (Å²) in [5.41, 5.74) is 1.50. The average Bonchev–Trinajstić information content (AvgIpc) is 2.97. The predicted molar refractivity (Wildman–Crippen MR) is 82.0 cm³/mol. The molecule has 2 amide bonds. The summed E-state index contributed by atoms with van der Waals surface area (Å²) < 4.78 is 13.5. The molecule has 1 fully saturated rings. The van der Waals surface area contributed by atoms with E-state index in [0.717, 1.165) is 56.1 Å². The van der Waals surface area contributed by atoms with E-state index in [1.165, 1.54) is 12.1 Å². The fourth-order valence-corrected chi connectivity index (χ4v) is 3.73. The van der Waals surface area contributed by atoms with Crippen molar-refractivity contribution in [2.24, 2.45) is 0 Å². The first-order valence-corrected chi connectivity index (χ1v) is 8.10. The van der Waals surface area contributed by atoms with Crippen LogP contribution in [0, 0.1) is 5.82 Å². The van der Waals surface area contributed by atoms with Gasteiger partial charge in [0.05, 0.1) is 18.2 Å². The number of rotatable bonds is 3. The molecule has 1 aromatic rings. The Kier molecular flexibility index (Phi) is 4.34. The second-order valence-electron chi connectivity index (χ2n) is 6.53. The summed E-state index contributed by atoms with van der Waals surface area (Å²) in [5.74, 6) is -0.268. The molecule has 3 N–H and O–H groups in total. The Labute approximate surface area is 130 Å². The molecule has 22 heavy (non-hydrogen) atoms. The number of carbonyl (C=O) groups excluding carboxylic acids is 1. The maximum absolute atomic E-state index is 13.5. The molecule has 3 rings (SSSR count). The van der Waals surface area contributed by atoms with Gasteiger partial charge in [-0.25, -0.2) is 9.18 Å². The molecular weight excluding hydrogens is 283 g/mol. The second kappa shape index (κ2) is 6.24. The Morgan fingerprint density at radius 3 is 2.82 bits per heavy atom. The number of hydrogen-bond acceptors (Lipinski definition) is 2. The molecule has 1 aromatic carbocycles. The number of hydrogen-bond donors (Lipinski definition) is 3. The largest absolute Gasteiger partial charge is 0.394 e. The van der Waals surface area contributed by atoms with E-state index in [4.69, 9.17) is 0 Å². The number of amides is 2. The number of aryl methyl sites for hydroxylation is 1. The summed E-state index contributed by atoms with van der Waals surface area (Å²) in [7, 11) is 0. The zero-order valence-corrected chi connectivity index (χ0v) is 12.7. The lowest BCUT2D eigenvalue weighted by molar-refractivity contribution is 0.161. The minimum absolute atomic E-state index is 0.0314. The van der Waals surface area contributed by atoms with Crippen molar-refractivity contribution in [2.45, 2.75) is 56.5 Å².